The third kappa shape index (κ3) is 4.27. The van der Waals surface area contributed by atoms with Crippen LogP contribution in [-0.2, 0) is 17.8 Å². The predicted octanol–water partition coefficient (Wildman–Crippen LogP) is 3.62. The Labute approximate surface area is 154 Å². The van der Waals surface area contributed by atoms with Crippen molar-refractivity contribution >= 4 is 39.7 Å². The van der Waals surface area contributed by atoms with E-state index in [0.29, 0.717) is 34.7 Å². The van der Waals surface area contributed by atoms with Crippen molar-refractivity contribution in [2.24, 2.45) is 0 Å². The Bertz CT molecular complexity index is 937. The fourth-order valence-electron chi connectivity index (χ4n) is 2.66. The molecule has 130 valence electrons. The Kier molecular flexibility index (Phi) is 5.50. The second kappa shape index (κ2) is 7.80. The van der Waals surface area contributed by atoms with Crippen LogP contribution in [0.25, 0.3) is 10.9 Å². The number of halogens is 1. The standard InChI is InChI=1S/C18H18ClN3O2S/c1-2-6-22(17(23)8-12-5-7-25-11-12)10-16-20-15-9-13(19)3-4-14(15)18(24)21-16/h3-5,7,9,11H,2,6,8,10H2,1H3,(H,20,21,24). The molecule has 0 fully saturated rings. The van der Waals surface area contributed by atoms with Crippen molar-refractivity contribution < 1.29 is 4.79 Å². The quantitative estimate of drug-likeness (QED) is 0.715. The van der Waals surface area contributed by atoms with Gasteiger partial charge in [-0.3, -0.25) is 9.59 Å². The number of nitrogens with one attached hydrogen (secondary N) is 1. The van der Waals surface area contributed by atoms with Crippen molar-refractivity contribution in [1.82, 2.24) is 14.9 Å². The number of carbonyl (C=O) groups excluding carboxylic acids is 1. The van der Waals surface area contributed by atoms with Crippen LogP contribution < -0.4 is 5.56 Å². The smallest absolute Gasteiger partial charge is 0.258 e. The van der Waals surface area contributed by atoms with Gasteiger partial charge in [-0.05, 0) is 47.0 Å². The Morgan fingerprint density at radius 3 is 2.92 bits per heavy atom. The topological polar surface area (TPSA) is 66.1 Å². The molecule has 0 aliphatic heterocycles. The Morgan fingerprint density at radius 2 is 2.20 bits per heavy atom. The maximum Gasteiger partial charge on any atom is 0.258 e. The number of rotatable bonds is 6. The van der Waals surface area contributed by atoms with Crippen molar-refractivity contribution in [3.05, 3.63) is 61.8 Å². The molecule has 1 amide bonds. The van der Waals surface area contributed by atoms with E-state index < -0.39 is 0 Å². The first-order chi connectivity index (χ1) is 12.1. The highest BCUT2D eigenvalue weighted by Gasteiger charge is 2.16. The van der Waals surface area contributed by atoms with Gasteiger partial charge >= 0.3 is 0 Å². The molecule has 0 saturated carbocycles. The molecule has 2 aromatic heterocycles. The number of H-pyrrole nitrogens is 1. The summed E-state index contributed by atoms with van der Waals surface area (Å²) in [5.41, 5.74) is 1.31. The van der Waals surface area contributed by atoms with Gasteiger partial charge in [0.05, 0.1) is 23.9 Å². The molecule has 25 heavy (non-hydrogen) atoms. The zero-order valence-corrected chi connectivity index (χ0v) is 15.4. The van der Waals surface area contributed by atoms with Crippen LogP contribution in [0.1, 0.15) is 24.7 Å². The van der Waals surface area contributed by atoms with Crippen LogP contribution in [0.3, 0.4) is 0 Å². The summed E-state index contributed by atoms with van der Waals surface area (Å²) < 4.78 is 0. The highest BCUT2D eigenvalue weighted by molar-refractivity contribution is 7.08. The minimum atomic E-state index is -0.224. The second-order valence-corrected chi connectivity index (χ2v) is 7.01. The fourth-order valence-corrected chi connectivity index (χ4v) is 3.49. The average molecular weight is 376 g/mol. The number of aromatic nitrogens is 2. The summed E-state index contributed by atoms with van der Waals surface area (Å²) in [6, 6.07) is 6.92. The molecule has 7 heteroatoms. The minimum absolute atomic E-state index is 0.0223. The van der Waals surface area contributed by atoms with Gasteiger partial charge in [-0.1, -0.05) is 18.5 Å². The molecule has 3 rings (SSSR count). The van der Waals surface area contributed by atoms with Gasteiger partial charge in [-0.15, -0.1) is 0 Å². The molecule has 1 N–H and O–H groups in total. The monoisotopic (exact) mass is 375 g/mol. The maximum absolute atomic E-state index is 12.6. The van der Waals surface area contributed by atoms with Crippen molar-refractivity contribution in [1.29, 1.82) is 0 Å². The van der Waals surface area contributed by atoms with Gasteiger partial charge in [0, 0.05) is 11.6 Å². The van der Waals surface area contributed by atoms with Crippen LogP contribution in [0.5, 0.6) is 0 Å². The largest absolute Gasteiger partial charge is 0.335 e. The van der Waals surface area contributed by atoms with Crippen LogP contribution in [0.2, 0.25) is 5.02 Å². The van der Waals surface area contributed by atoms with Crippen LogP contribution >= 0.6 is 22.9 Å². The van der Waals surface area contributed by atoms with E-state index in [1.807, 2.05) is 23.8 Å². The lowest BCUT2D eigenvalue weighted by atomic mass is 10.2. The number of thiophene rings is 1. The third-order valence-electron chi connectivity index (χ3n) is 3.84. The van der Waals surface area contributed by atoms with E-state index in [1.165, 1.54) is 0 Å². The van der Waals surface area contributed by atoms with Crippen molar-refractivity contribution in [3.8, 4) is 0 Å². The zero-order valence-electron chi connectivity index (χ0n) is 13.8. The molecular weight excluding hydrogens is 358 g/mol. The van der Waals surface area contributed by atoms with Gasteiger partial charge in [0.2, 0.25) is 5.91 Å². The van der Waals surface area contributed by atoms with Gasteiger partial charge in [-0.25, -0.2) is 4.98 Å². The van der Waals surface area contributed by atoms with E-state index in [2.05, 4.69) is 9.97 Å². The second-order valence-electron chi connectivity index (χ2n) is 5.80. The number of benzene rings is 1. The highest BCUT2D eigenvalue weighted by Crippen LogP contribution is 2.15. The van der Waals surface area contributed by atoms with Crippen LogP contribution in [-0.4, -0.2) is 27.3 Å². The average Bonchev–Trinajstić information content (AvgIpc) is 3.07. The number of aromatic amines is 1. The van der Waals surface area contributed by atoms with Crippen molar-refractivity contribution in [3.63, 3.8) is 0 Å². The lowest BCUT2D eigenvalue weighted by Gasteiger charge is -2.21. The number of amides is 1. The van der Waals surface area contributed by atoms with Gasteiger partial charge in [0.25, 0.3) is 5.56 Å². The third-order valence-corrected chi connectivity index (χ3v) is 4.81. The molecule has 0 atom stereocenters. The first-order valence-corrected chi connectivity index (χ1v) is 9.36. The molecule has 0 bridgehead atoms. The lowest BCUT2D eigenvalue weighted by Crippen LogP contribution is -2.33. The summed E-state index contributed by atoms with van der Waals surface area (Å²) in [7, 11) is 0. The normalized spacial score (nSPS) is 11.0. The van der Waals surface area contributed by atoms with E-state index in [0.717, 1.165) is 12.0 Å². The molecule has 5 nitrogen and oxygen atoms in total. The van der Waals surface area contributed by atoms with Gasteiger partial charge < -0.3 is 9.88 Å². The molecule has 0 aliphatic carbocycles. The van der Waals surface area contributed by atoms with Crippen LogP contribution in [0, 0.1) is 0 Å². The first-order valence-electron chi connectivity index (χ1n) is 8.04. The Hall–Kier alpha value is -2.18. The summed E-state index contributed by atoms with van der Waals surface area (Å²) >= 11 is 7.57. The number of fused-ring (bicyclic) bond motifs is 1. The first kappa shape index (κ1) is 17.6. The van der Waals surface area contributed by atoms with Gasteiger partial charge in [0.15, 0.2) is 0 Å². The van der Waals surface area contributed by atoms with Crippen molar-refractivity contribution in [2.45, 2.75) is 26.3 Å². The van der Waals surface area contributed by atoms with Gasteiger partial charge in [0.1, 0.15) is 5.82 Å². The maximum atomic E-state index is 12.6. The molecule has 0 aliphatic rings. The summed E-state index contributed by atoms with van der Waals surface area (Å²) in [6.07, 6.45) is 1.19. The van der Waals surface area contributed by atoms with E-state index in [1.54, 1.807) is 34.4 Å². The SMILES string of the molecule is CCCN(Cc1nc2cc(Cl)ccc2c(=O)[nH]1)C(=O)Cc1ccsc1. The minimum Gasteiger partial charge on any atom is -0.335 e. The van der Waals surface area contributed by atoms with E-state index in [-0.39, 0.29) is 18.0 Å². The van der Waals surface area contributed by atoms with Gasteiger partial charge in [-0.2, -0.15) is 11.3 Å². The number of hydrogen-bond acceptors (Lipinski definition) is 4. The highest BCUT2D eigenvalue weighted by atomic mass is 35.5. The fraction of sp³-hybridized carbons (Fsp3) is 0.278. The Morgan fingerprint density at radius 1 is 1.36 bits per heavy atom. The summed E-state index contributed by atoms with van der Waals surface area (Å²) in [4.78, 5) is 33.8. The molecule has 2 heterocycles. The molecule has 1 aromatic carbocycles. The van der Waals surface area contributed by atoms with E-state index in [9.17, 15) is 9.59 Å². The molecule has 3 aromatic rings. The summed E-state index contributed by atoms with van der Waals surface area (Å²) in [5, 5.41) is 4.94. The molecule has 0 saturated heterocycles. The summed E-state index contributed by atoms with van der Waals surface area (Å²) in [5.74, 6) is 0.487. The summed E-state index contributed by atoms with van der Waals surface area (Å²) in [6.45, 7) is 2.90. The van der Waals surface area contributed by atoms with Crippen molar-refractivity contribution in [2.75, 3.05) is 6.54 Å². The zero-order chi connectivity index (χ0) is 17.8. The van der Waals surface area contributed by atoms with Crippen LogP contribution in [0.15, 0.2) is 39.8 Å². The number of carbonyl (C=O) groups is 1. The molecule has 0 radical (unpaired) electrons. The molecule has 0 spiro atoms. The van der Waals surface area contributed by atoms with Crippen LogP contribution in [0.4, 0.5) is 0 Å². The molecular formula is C18H18ClN3O2S. The predicted molar refractivity (Wildman–Crippen MR) is 101 cm³/mol. The number of hydrogen-bond donors (Lipinski definition) is 1. The van der Waals surface area contributed by atoms with E-state index in [4.69, 9.17) is 11.6 Å². The van der Waals surface area contributed by atoms with E-state index >= 15 is 0 Å². The lowest BCUT2D eigenvalue weighted by molar-refractivity contribution is -0.131. The Balaban J connectivity index is 1.85. The number of nitrogens with zero attached hydrogens (tertiary/aromatic N) is 2. The molecule has 0 unspecified atom stereocenters.